The first-order chi connectivity index (χ1) is 9.25. The van der Waals surface area contributed by atoms with Gasteiger partial charge >= 0.3 is 5.97 Å². The fraction of sp³-hybridized carbons (Fsp3) is 0.125. The van der Waals surface area contributed by atoms with Crippen LogP contribution in [-0.4, -0.2) is 11.8 Å². The third-order valence-electron chi connectivity index (χ3n) is 3.24. The molecule has 1 atom stereocenters. The number of esters is 1. The van der Waals surface area contributed by atoms with Gasteiger partial charge in [-0.2, -0.15) is 0 Å². The Bertz CT molecular complexity index is 631. The lowest BCUT2D eigenvalue weighted by molar-refractivity contribution is 0.0367. The predicted molar refractivity (Wildman–Crippen MR) is 70.0 cm³/mol. The molecule has 0 aliphatic carbocycles. The van der Waals surface area contributed by atoms with Gasteiger partial charge in [-0.05, 0) is 6.07 Å². The van der Waals surface area contributed by atoms with Gasteiger partial charge in [-0.15, -0.1) is 0 Å². The van der Waals surface area contributed by atoms with Crippen LogP contribution in [0.15, 0.2) is 54.6 Å². The summed E-state index contributed by atoms with van der Waals surface area (Å²) >= 11 is 0. The molecule has 1 aliphatic heterocycles. The maximum atomic E-state index is 12.1. The maximum Gasteiger partial charge on any atom is 0.339 e. The monoisotopic (exact) mass is 252 g/mol. The number of hydrogen-bond acceptors (Lipinski definition) is 3. The summed E-state index contributed by atoms with van der Waals surface area (Å²) in [5, 5.41) is 0. The van der Waals surface area contributed by atoms with Crippen LogP contribution in [0.3, 0.4) is 0 Å². The van der Waals surface area contributed by atoms with Gasteiger partial charge in [-0.25, -0.2) is 4.79 Å². The molecule has 1 unspecified atom stereocenters. The lowest BCUT2D eigenvalue weighted by Gasteiger charge is -2.09. The van der Waals surface area contributed by atoms with Crippen LogP contribution in [0.5, 0.6) is 0 Å². The van der Waals surface area contributed by atoms with Crippen LogP contribution in [0, 0.1) is 0 Å². The number of benzene rings is 2. The maximum absolute atomic E-state index is 12.1. The molecule has 0 aromatic heterocycles. The first kappa shape index (κ1) is 11.7. The molecule has 19 heavy (non-hydrogen) atoms. The van der Waals surface area contributed by atoms with Gasteiger partial charge in [0.15, 0.2) is 5.78 Å². The lowest BCUT2D eigenvalue weighted by Crippen LogP contribution is -2.07. The van der Waals surface area contributed by atoms with Crippen molar-refractivity contribution in [3.05, 3.63) is 71.3 Å². The molecule has 0 spiro atoms. The van der Waals surface area contributed by atoms with Crippen molar-refractivity contribution in [1.82, 2.24) is 0 Å². The normalized spacial score (nSPS) is 16.8. The van der Waals surface area contributed by atoms with Crippen molar-refractivity contribution in [3.8, 4) is 0 Å². The second-order valence-corrected chi connectivity index (χ2v) is 4.47. The number of ether oxygens (including phenoxy) is 1. The minimum atomic E-state index is -0.462. The van der Waals surface area contributed by atoms with Crippen molar-refractivity contribution >= 4 is 11.8 Å². The van der Waals surface area contributed by atoms with Gasteiger partial charge in [0.05, 0.1) is 12.0 Å². The summed E-state index contributed by atoms with van der Waals surface area (Å²) < 4.78 is 5.26. The van der Waals surface area contributed by atoms with Crippen molar-refractivity contribution in [1.29, 1.82) is 0 Å². The largest absolute Gasteiger partial charge is 0.453 e. The molecule has 94 valence electrons. The SMILES string of the molecule is O=C(CC1OC(=O)c2ccccc21)c1ccccc1. The van der Waals surface area contributed by atoms with Gasteiger partial charge < -0.3 is 4.74 Å². The summed E-state index contributed by atoms with van der Waals surface area (Å²) in [6.07, 6.45) is -0.274. The zero-order valence-corrected chi connectivity index (χ0v) is 10.2. The quantitative estimate of drug-likeness (QED) is 0.622. The van der Waals surface area contributed by atoms with E-state index in [0.717, 1.165) is 5.56 Å². The molecule has 3 rings (SSSR count). The molecule has 1 heterocycles. The highest BCUT2D eigenvalue weighted by Crippen LogP contribution is 2.33. The Morgan fingerprint density at radius 3 is 2.47 bits per heavy atom. The van der Waals surface area contributed by atoms with Crippen molar-refractivity contribution in [3.63, 3.8) is 0 Å². The highest BCUT2D eigenvalue weighted by molar-refractivity contribution is 5.98. The molecule has 0 radical (unpaired) electrons. The fourth-order valence-corrected chi connectivity index (χ4v) is 2.28. The number of cyclic esters (lactones) is 1. The molecule has 3 nitrogen and oxygen atoms in total. The van der Waals surface area contributed by atoms with E-state index in [0.29, 0.717) is 11.1 Å². The molecular formula is C16H12O3. The first-order valence-corrected chi connectivity index (χ1v) is 6.14. The van der Waals surface area contributed by atoms with Gasteiger partial charge in [-0.1, -0.05) is 48.5 Å². The molecule has 2 aromatic carbocycles. The zero-order valence-electron chi connectivity index (χ0n) is 10.2. The third kappa shape index (κ3) is 2.15. The van der Waals surface area contributed by atoms with Crippen LogP contribution < -0.4 is 0 Å². The number of fused-ring (bicyclic) bond motifs is 1. The average Bonchev–Trinajstić information content (AvgIpc) is 2.77. The van der Waals surface area contributed by atoms with E-state index in [-0.39, 0.29) is 18.2 Å². The number of carbonyl (C=O) groups excluding carboxylic acids is 2. The van der Waals surface area contributed by atoms with Crippen LogP contribution in [-0.2, 0) is 4.74 Å². The van der Waals surface area contributed by atoms with Crippen LogP contribution >= 0.6 is 0 Å². The van der Waals surface area contributed by atoms with Gasteiger partial charge in [0.2, 0.25) is 0 Å². The van der Waals surface area contributed by atoms with Crippen LogP contribution in [0.1, 0.15) is 38.8 Å². The Hall–Kier alpha value is -2.42. The Kier molecular flexibility index (Phi) is 2.88. The number of carbonyl (C=O) groups is 2. The second kappa shape index (κ2) is 4.69. The number of Topliss-reactive ketones (excluding diaryl/α,β-unsaturated/α-hetero) is 1. The Morgan fingerprint density at radius 2 is 1.68 bits per heavy atom. The van der Waals surface area contributed by atoms with Crippen molar-refractivity contribution < 1.29 is 14.3 Å². The van der Waals surface area contributed by atoms with E-state index in [4.69, 9.17) is 4.74 Å². The third-order valence-corrected chi connectivity index (χ3v) is 3.24. The summed E-state index contributed by atoms with van der Waals surface area (Å²) in [4.78, 5) is 23.8. The molecule has 0 fully saturated rings. The van der Waals surface area contributed by atoms with Gasteiger partial charge in [-0.3, -0.25) is 4.79 Å². The smallest absolute Gasteiger partial charge is 0.339 e. The Balaban J connectivity index is 1.83. The molecule has 0 bridgehead atoms. The molecule has 3 heteroatoms. The van der Waals surface area contributed by atoms with E-state index < -0.39 is 6.10 Å². The van der Waals surface area contributed by atoms with E-state index in [1.165, 1.54) is 0 Å². The van der Waals surface area contributed by atoms with E-state index >= 15 is 0 Å². The second-order valence-electron chi connectivity index (χ2n) is 4.47. The molecule has 1 aliphatic rings. The molecule has 0 saturated heterocycles. The predicted octanol–water partition coefficient (Wildman–Crippen LogP) is 3.17. The average molecular weight is 252 g/mol. The molecular weight excluding hydrogens is 240 g/mol. The molecule has 0 amide bonds. The zero-order chi connectivity index (χ0) is 13.2. The van der Waals surface area contributed by atoms with Gasteiger partial charge in [0.1, 0.15) is 6.10 Å². The Labute approximate surface area is 110 Å². The molecule has 2 aromatic rings. The first-order valence-electron chi connectivity index (χ1n) is 6.14. The Morgan fingerprint density at radius 1 is 1.00 bits per heavy atom. The molecule has 0 saturated carbocycles. The van der Waals surface area contributed by atoms with E-state index in [1.807, 2.05) is 30.3 Å². The minimum absolute atomic E-state index is 0.0184. The number of rotatable bonds is 3. The summed E-state index contributed by atoms with van der Waals surface area (Å²) in [5.41, 5.74) is 2.01. The number of ketones is 1. The van der Waals surface area contributed by atoms with Crippen molar-refractivity contribution in [2.45, 2.75) is 12.5 Å². The van der Waals surface area contributed by atoms with Crippen molar-refractivity contribution in [2.75, 3.05) is 0 Å². The van der Waals surface area contributed by atoms with E-state index in [9.17, 15) is 9.59 Å². The fourth-order valence-electron chi connectivity index (χ4n) is 2.28. The summed E-state index contributed by atoms with van der Waals surface area (Å²) in [5.74, 6) is -0.364. The van der Waals surface area contributed by atoms with Crippen LogP contribution in [0.4, 0.5) is 0 Å². The van der Waals surface area contributed by atoms with Gasteiger partial charge in [0.25, 0.3) is 0 Å². The van der Waals surface area contributed by atoms with Crippen LogP contribution in [0.2, 0.25) is 0 Å². The van der Waals surface area contributed by atoms with E-state index in [2.05, 4.69) is 0 Å². The van der Waals surface area contributed by atoms with Crippen molar-refractivity contribution in [2.24, 2.45) is 0 Å². The van der Waals surface area contributed by atoms with E-state index in [1.54, 1.807) is 24.3 Å². The van der Waals surface area contributed by atoms with Crippen LogP contribution in [0.25, 0.3) is 0 Å². The topological polar surface area (TPSA) is 43.4 Å². The standard InChI is InChI=1S/C16H12O3/c17-14(11-6-2-1-3-7-11)10-15-12-8-4-5-9-13(12)16(18)19-15/h1-9,15H,10H2. The summed E-state index contributed by atoms with van der Waals surface area (Å²) in [7, 11) is 0. The highest BCUT2D eigenvalue weighted by Gasteiger charge is 2.32. The van der Waals surface area contributed by atoms with Gasteiger partial charge in [0, 0.05) is 11.1 Å². The summed E-state index contributed by atoms with van der Waals surface area (Å²) in [6.45, 7) is 0. The highest BCUT2D eigenvalue weighted by atomic mass is 16.5. The number of hydrogen-bond donors (Lipinski definition) is 0. The minimum Gasteiger partial charge on any atom is -0.453 e. The summed E-state index contributed by atoms with van der Waals surface area (Å²) in [6, 6.07) is 16.2. The lowest BCUT2D eigenvalue weighted by atomic mass is 9.99. The molecule has 0 N–H and O–H groups in total.